The fourth-order valence-corrected chi connectivity index (χ4v) is 0.152. The van der Waals surface area contributed by atoms with Crippen molar-refractivity contribution in [1.29, 1.82) is 0 Å². The minimum atomic E-state index is -2.72. The van der Waals surface area contributed by atoms with E-state index in [0.717, 1.165) is 0 Å². The van der Waals surface area contributed by atoms with E-state index in [4.69, 9.17) is 0 Å². The van der Waals surface area contributed by atoms with Crippen LogP contribution in [0.15, 0.2) is 12.3 Å². The standard InChI is InChI=1S/C4H6F2O/c1-3(2)7-4(5)6/h4H,1H2,2H3. The molecular weight excluding hydrogens is 102 g/mol. The van der Waals surface area contributed by atoms with E-state index in [2.05, 4.69) is 11.3 Å². The molecule has 42 valence electrons. The second-order valence-corrected chi connectivity index (χ2v) is 1.08. The van der Waals surface area contributed by atoms with Gasteiger partial charge in [-0.2, -0.15) is 8.78 Å². The molecule has 0 aliphatic rings. The van der Waals surface area contributed by atoms with Gasteiger partial charge in [0.2, 0.25) is 0 Å². The van der Waals surface area contributed by atoms with Crippen LogP contribution in [0.3, 0.4) is 0 Å². The molecule has 0 spiro atoms. The van der Waals surface area contributed by atoms with Gasteiger partial charge in [-0.05, 0) is 6.92 Å². The summed E-state index contributed by atoms with van der Waals surface area (Å²) in [6.07, 6.45) is 0. The predicted octanol–water partition coefficient (Wildman–Crippen LogP) is 1.76. The minimum absolute atomic E-state index is 0.0370. The van der Waals surface area contributed by atoms with Gasteiger partial charge in [-0.15, -0.1) is 0 Å². The van der Waals surface area contributed by atoms with Crippen LogP contribution in [-0.4, -0.2) is 6.61 Å². The molecule has 0 bridgehead atoms. The lowest BCUT2D eigenvalue weighted by Crippen LogP contribution is -1.93. The van der Waals surface area contributed by atoms with Crippen molar-refractivity contribution in [2.75, 3.05) is 0 Å². The van der Waals surface area contributed by atoms with Crippen LogP contribution >= 0.6 is 0 Å². The molecule has 7 heavy (non-hydrogen) atoms. The van der Waals surface area contributed by atoms with Gasteiger partial charge < -0.3 is 4.74 Å². The van der Waals surface area contributed by atoms with E-state index in [1.165, 1.54) is 6.92 Å². The van der Waals surface area contributed by atoms with Gasteiger partial charge in [-0.3, -0.25) is 0 Å². The van der Waals surface area contributed by atoms with Crippen LogP contribution in [0.25, 0.3) is 0 Å². The van der Waals surface area contributed by atoms with Crippen molar-refractivity contribution in [2.24, 2.45) is 0 Å². The molecule has 0 aliphatic heterocycles. The van der Waals surface area contributed by atoms with Crippen molar-refractivity contribution in [2.45, 2.75) is 13.5 Å². The summed E-state index contributed by atoms with van der Waals surface area (Å²) in [5.41, 5.74) is 0. The zero-order chi connectivity index (χ0) is 5.86. The minimum Gasteiger partial charge on any atom is -0.440 e. The molecule has 0 unspecified atom stereocenters. The highest BCUT2D eigenvalue weighted by atomic mass is 19.3. The summed E-state index contributed by atoms with van der Waals surface area (Å²) in [4.78, 5) is 0. The second kappa shape index (κ2) is 2.55. The maximum Gasteiger partial charge on any atom is 0.387 e. The summed E-state index contributed by atoms with van der Waals surface area (Å²) < 4.78 is 25.7. The zero-order valence-electron chi connectivity index (χ0n) is 3.95. The average Bonchev–Trinajstić information content (AvgIpc) is 1.27. The summed E-state index contributed by atoms with van der Waals surface area (Å²) in [5, 5.41) is 0. The van der Waals surface area contributed by atoms with Crippen molar-refractivity contribution in [3.05, 3.63) is 12.3 Å². The topological polar surface area (TPSA) is 9.23 Å². The van der Waals surface area contributed by atoms with Crippen LogP contribution < -0.4 is 0 Å². The molecular formula is C4H6F2O. The fourth-order valence-electron chi connectivity index (χ4n) is 0.152. The van der Waals surface area contributed by atoms with Gasteiger partial charge >= 0.3 is 6.61 Å². The summed E-state index contributed by atoms with van der Waals surface area (Å²) in [6, 6.07) is 0. The van der Waals surface area contributed by atoms with E-state index in [1.807, 2.05) is 0 Å². The average molecular weight is 108 g/mol. The van der Waals surface area contributed by atoms with E-state index < -0.39 is 6.61 Å². The van der Waals surface area contributed by atoms with Crippen LogP contribution in [0.4, 0.5) is 8.78 Å². The zero-order valence-corrected chi connectivity index (χ0v) is 3.95. The number of rotatable bonds is 2. The third kappa shape index (κ3) is 5.40. The monoisotopic (exact) mass is 108 g/mol. The molecule has 0 saturated heterocycles. The molecule has 0 aromatic rings. The van der Waals surface area contributed by atoms with E-state index in [1.54, 1.807) is 0 Å². The summed E-state index contributed by atoms with van der Waals surface area (Å²) in [5.74, 6) is 0.0370. The number of allylic oxidation sites excluding steroid dienone is 1. The molecule has 1 nitrogen and oxygen atoms in total. The van der Waals surface area contributed by atoms with Crippen LogP contribution in [0, 0.1) is 0 Å². The van der Waals surface area contributed by atoms with Crippen LogP contribution in [-0.2, 0) is 4.74 Å². The Morgan fingerprint density at radius 2 is 2.14 bits per heavy atom. The highest BCUT2D eigenvalue weighted by Crippen LogP contribution is 1.99. The molecule has 0 aliphatic carbocycles. The highest BCUT2D eigenvalue weighted by Gasteiger charge is 1.98. The highest BCUT2D eigenvalue weighted by molar-refractivity contribution is 4.72. The van der Waals surface area contributed by atoms with Crippen molar-refractivity contribution >= 4 is 0 Å². The first-order valence-electron chi connectivity index (χ1n) is 1.73. The smallest absolute Gasteiger partial charge is 0.387 e. The van der Waals surface area contributed by atoms with Gasteiger partial charge in [-0.25, -0.2) is 0 Å². The van der Waals surface area contributed by atoms with E-state index >= 15 is 0 Å². The van der Waals surface area contributed by atoms with Gasteiger partial charge in [-0.1, -0.05) is 6.58 Å². The SMILES string of the molecule is C=C(C)OC(F)F. The van der Waals surface area contributed by atoms with Gasteiger partial charge in [0.25, 0.3) is 0 Å². The Balaban J connectivity index is 3.13. The molecule has 0 radical (unpaired) electrons. The van der Waals surface area contributed by atoms with Gasteiger partial charge in [0.1, 0.15) is 0 Å². The maximum absolute atomic E-state index is 11.0. The molecule has 0 amide bonds. The largest absolute Gasteiger partial charge is 0.440 e. The van der Waals surface area contributed by atoms with Gasteiger partial charge in [0.15, 0.2) is 0 Å². The lowest BCUT2D eigenvalue weighted by atomic mass is 10.7. The van der Waals surface area contributed by atoms with Crippen LogP contribution in [0.5, 0.6) is 0 Å². The number of halogens is 2. The Hall–Kier alpha value is -0.600. The van der Waals surface area contributed by atoms with Crippen molar-refractivity contribution in [3.63, 3.8) is 0 Å². The van der Waals surface area contributed by atoms with E-state index in [0.29, 0.717) is 0 Å². The van der Waals surface area contributed by atoms with Crippen LogP contribution in [0.2, 0.25) is 0 Å². The van der Waals surface area contributed by atoms with Crippen molar-refractivity contribution in [1.82, 2.24) is 0 Å². The molecule has 0 aromatic heterocycles. The first-order chi connectivity index (χ1) is 3.13. The molecule has 0 N–H and O–H groups in total. The first kappa shape index (κ1) is 6.40. The Bertz CT molecular complexity index is 70.1. The fraction of sp³-hybridized carbons (Fsp3) is 0.500. The second-order valence-electron chi connectivity index (χ2n) is 1.08. The van der Waals surface area contributed by atoms with Crippen molar-refractivity contribution in [3.8, 4) is 0 Å². The lowest BCUT2D eigenvalue weighted by molar-refractivity contribution is -0.0949. The summed E-state index contributed by atoms with van der Waals surface area (Å²) in [6.45, 7) is 1.74. The quantitative estimate of drug-likeness (QED) is 0.490. The summed E-state index contributed by atoms with van der Waals surface area (Å²) in [7, 11) is 0. The lowest BCUT2D eigenvalue weighted by Gasteiger charge is -1.99. The molecule has 0 aromatic carbocycles. The molecule has 0 saturated carbocycles. The third-order valence-corrected chi connectivity index (χ3v) is 0.290. The third-order valence-electron chi connectivity index (χ3n) is 0.290. The van der Waals surface area contributed by atoms with Crippen LogP contribution in [0.1, 0.15) is 6.92 Å². The summed E-state index contributed by atoms with van der Waals surface area (Å²) >= 11 is 0. The molecule has 0 heterocycles. The Labute approximate surface area is 40.6 Å². The van der Waals surface area contributed by atoms with E-state index in [9.17, 15) is 8.78 Å². The molecule has 0 rings (SSSR count). The normalized spacial score (nSPS) is 9.14. The Morgan fingerprint density at radius 3 is 2.14 bits per heavy atom. The van der Waals surface area contributed by atoms with Crippen molar-refractivity contribution < 1.29 is 13.5 Å². The number of ether oxygens (including phenoxy) is 1. The number of alkyl halides is 2. The first-order valence-corrected chi connectivity index (χ1v) is 1.73. The predicted molar refractivity (Wildman–Crippen MR) is 21.9 cm³/mol. The molecule has 3 heteroatoms. The number of hydrogen-bond acceptors (Lipinski definition) is 1. The number of hydrogen-bond donors (Lipinski definition) is 0. The maximum atomic E-state index is 11.0. The Kier molecular flexibility index (Phi) is 2.33. The molecule has 0 atom stereocenters. The Morgan fingerprint density at radius 1 is 1.71 bits per heavy atom. The van der Waals surface area contributed by atoms with E-state index in [-0.39, 0.29) is 5.76 Å². The molecule has 0 fully saturated rings. The van der Waals surface area contributed by atoms with Gasteiger partial charge in [0, 0.05) is 0 Å². The van der Waals surface area contributed by atoms with Gasteiger partial charge in [0.05, 0.1) is 5.76 Å².